The highest BCUT2D eigenvalue weighted by atomic mass is 19.2. The Morgan fingerprint density at radius 1 is 1.27 bits per heavy atom. The van der Waals surface area contributed by atoms with Crippen LogP contribution in [-0.4, -0.2) is 5.11 Å². The van der Waals surface area contributed by atoms with Gasteiger partial charge in [0.05, 0.1) is 6.10 Å². The Hall–Kier alpha value is -0.960. The van der Waals surface area contributed by atoms with E-state index in [1.807, 2.05) is 6.92 Å². The summed E-state index contributed by atoms with van der Waals surface area (Å²) in [5.41, 5.74) is 0.466. The molecule has 0 saturated heterocycles. The first-order valence-electron chi connectivity index (χ1n) is 5.22. The highest BCUT2D eigenvalue weighted by Gasteiger charge is 2.33. The van der Waals surface area contributed by atoms with Crippen molar-refractivity contribution in [3.8, 4) is 0 Å². The van der Waals surface area contributed by atoms with Crippen LogP contribution in [0.1, 0.15) is 31.4 Å². The first kappa shape index (κ1) is 10.6. The molecule has 0 aromatic heterocycles. The lowest BCUT2D eigenvalue weighted by Gasteiger charge is -2.18. The van der Waals surface area contributed by atoms with Crippen LogP contribution in [0.25, 0.3) is 0 Å². The van der Waals surface area contributed by atoms with Gasteiger partial charge in [-0.1, -0.05) is 13.0 Å². The van der Waals surface area contributed by atoms with Gasteiger partial charge in [0.15, 0.2) is 11.6 Å². The van der Waals surface area contributed by atoms with Gasteiger partial charge < -0.3 is 5.11 Å². The molecule has 1 aromatic rings. The number of hydrogen-bond donors (Lipinski definition) is 1. The monoisotopic (exact) mass is 212 g/mol. The van der Waals surface area contributed by atoms with Crippen molar-refractivity contribution in [2.45, 2.75) is 25.9 Å². The van der Waals surface area contributed by atoms with Crippen LogP contribution in [0, 0.1) is 23.5 Å². The van der Waals surface area contributed by atoms with E-state index in [4.69, 9.17) is 0 Å². The molecule has 0 amide bonds. The Morgan fingerprint density at radius 2 is 1.93 bits per heavy atom. The second-order valence-electron chi connectivity index (χ2n) is 4.31. The van der Waals surface area contributed by atoms with Crippen LogP contribution in [0.15, 0.2) is 18.2 Å². The van der Waals surface area contributed by atoms with E-state index in [0.717, 1.165) is 25.0 Å². The van der Waals surface area contributed by atoms with Crippen LogP contribution in [0.5, 0.6) is 0 Å². The van der Waals surface area contributed by atoms with E-state index in [1.165, 1.54) is 6.07 Å². The molecule has 1 nitrogen and oxygen atoms in total. The number of rotatable bonds is 3. The van der Waals surface area contributed by atoms with Crippen LogP contribution in [-0.2, 0) is 0 Å². The predicted molar refractivity (Wildman–Crippen MR) is 53.2 cm³/mol. The summed E-state index contributed by atoms with van der Waals surface area (Å²) in [5.74, 6) is -1.11. The second-order valence-corrected chi connectivity index (χ2v) is 4.31. The molecule has 1 aromatic carbocycles. The maximum atomic E-state index is 12.9. The van der Waals surface area contributed by atoms with E-state index in [1.54, 1.807) is 0 Å². The minimum Gasteiger partial charge on any atom is -0.388 e. The zero-order valence-electron chi connectivity index (χ0n) is 8.58. The van der Waals surface area contributed by atoms with Gasteiger partial charge in [-0.2, -0.15) is 0 Å². The van der Waals surface area contributed by atoms with Crippen molar-refractivity contribution in [1.29, 1.82) is 0 Å². The average Bonchev–Trinajstić information content (AvgIpc) is 3.03. The van der Waals surface area contributed by atoms with E-state index >= 15 is 0 Å². The summed E-state index contributed by atoms with van der Waals surface area (Å²) in [6, 6.07) is 3.59. The molecule has 2 unspecified atom stereocenters. The molecule has 1 fully saturated rings. The molecule has 1 saturated carbocycles. The third-order valence-corrected chi connectivity index (χ3v) is 3.15. The predicted octanol–water partition coefficient (Wildman–Crippen LogP) is 3.04. The van der Waals surface area contributed by atoms with Gasteiger partial charge in [0.1, 0.15) is 0 Å². The lowest BCUT2D eigenvalue weighted by molar-refractivity contribution is 0.105. The highest BCUT2D eigenvalue weighted by molar-refractivity contribution is 5.21. The molecular formula is C12H14F2O. The molecule has 3 heteroatoms. The normalized spacial score (nSPS) is 20.0. The van der Waals surface area contributed by atoms with Crippen molar-refractivity contribution in [2.75, 3.05) is 0 Å². The Bertz CT molecular complexity index is 361. The first-order valence-corrected chi connectivity index (χ1v) is 5.22. The van der Waals surface area contributed by atoms with Crippen LogP contribution >= 0.6 is 0 Å². The van der Waals surface area contributed by atoms with Gasteiger partial charge in [-0.25, -0.2) is 8.78 Å². The molecule has 15 heavy (non-hydrogen) atoms. The standard InChI is InChI=1S/C12H14F2O/c1-7(8-2-3-8)12(15)9-4-5-10(13)11(14)6-9/h4-8,12,15H,2-3H2,1H3. The summed E-state index contributed by atoms with van der Waals surface area (Å²) in [7, 11) is 0. The molecular weight excluding hydrogens is 198 g/mol. The molecule has 0 aliphatic heterocycles. The van der Waals surface area contributed by atoms with Crippen molar-refractivity contribution >= 4 is 0 Å². The van der Waals surface area contributed by atoms with Crippen molar-refractivity contribution < 1.29 is 13.9 Å². The van der Waals surface area contributed by atoms with Crippen molar-refractivity contribution in [3.63, 3.8) is 0 Å². The summed E-state index contributed by atoms with van der Waals surface area (Å²) in [6.07, 6.45) is 1.57. The number of aliphatic hydroxyl groups excluding tert-OH is 1. The number of halogens is 2. The van der Waals surface area contributed by atoms with E-state index < -0.39 is 17.7 Å². The molecule has 0 bridgehead atoms. The van der Waals surface area contributed by atoms with Gasteiger partial charge in [-0.05, 0) is 42.4 Å². The van der Waals surface area contributed by atoms with Crippen LogP contribution in [0.3, 0.4) is 0 Å². The Kier molecular flexibility index (Phi) is 2.74. The van der Waals surface area contributed by atoms with Crippen molar-refractivity contribution in [1.82, 2.24) is 0 Å². The Morgan fingerprint density at radius 3 is 2.47 bits per heavy atom. The molecule has 82 valence electrons. The average molecular weight is 212 g/mol. The molecule has 0 heterocycles. The van der Waals surface area contributed by atoms with E-state index in [0.29, 0.717) is 11.5 Å². The van der Waals surface area contributed by atoms with Gasteiger partial charge in [0.25, 0.3) is 0 Å². The molecule has 0 spiro atoms. The van der Waals surface area contributed by atoms with Crippen molar-refractivity contribution in [3.05, 3.63) is 35.4 Å². The minimum absolute atomic E-state index is 0.120. The zero-order valence-corrected chi connectivity index (χ0v) is 8.58. The van der Waals surface area contributed by atoms with Crippen LogP contribution < -0.4 is 0 Å². The molecule has 0 radical (unpaired) electrons. The molecule has 1 aliphatic carbocycles. The molecule has 1 aliphatic rings. The zero-order chi connectivity index (χ0) is 11.0. The SMILES string of the molecule is CC(C1CC1)C(O)c1ccc(F)c(F)c1. The van der Waals surface area contributed by atoms with E-state index in [9.17, 15) is 13.9 Å². The molecule has 2 rings (SSSR count). The van der Waals surface area contributed by atoms with Gasteiger partial charge in [-0.3, -0.25) is 0 Å². The fraction of sp³-hybridized carbons (Fsp3) is 0.500. The molecule has 2 atom stereocenters. The fourth-order valence-corrected chi connectivity index (χ4v) is 1.88. The number of benzene rings is 1. The van der Waals surface area contributed by atoms with E-state index in [-0.39, 0.29) is 5.92 Å². The maximum absolute atomic E-state index is 12.9. The van der Waals surface area contributed by atoms with Gasteiger partial charge in [0, 0.05) is 0 Å². The summed E-state index contributed by atoms with van der Waals surface area (Å²) in [4.78, 5) is 0. The van der Waals surface area contributed by atoms with Gasteiger partial charge in [0.2, 0.25) is 0 Å². The largest absolute Gasteiger partial charge is 0.388 e. The van der Waals surface area contributed by atoms with Crippen LogP contribution in [0.4, 0.5) is 8.78 Å². The van der Waals surface area contributed by atoms with Crippen molar-refractivity contribution in [2.24, 2.45) is 11.8 Å². The summed E-state index contributed by atoms with van der Waals surface area (Å²) >= 11 is 0. The van der Waals surface area contributed by atoms with Gasteiger partial charge >= 0.3 is 0 Å². The summed E-state index contributed by atoms with van der Waals surface area (Å²) < 4.78 is 25.6. The lowest BCUT2D eigenvalue weighted by atomic mass is 9.93. The van der Waals surface area contributed by atoms with Crippen LogP contribution in [0.2, 0.25) is 0 Å². The number of hydrogen-bond acceptors (Lipinski definition) is 1. The van der Waals surface area contributed by atoms with E-state index in [2.05, 4.69) is 0 Å². The topological polar surface area (TPSA) is 20.2 Å². The smallest absolute Gasteiger partial charge is 0.159 e. The Labute approximate surface area is 87.7 Å². The Balaban J connectivity index is 2.17. The second kappa shape index (κ2) is 3.89. The summed E-state index contributed by atoms with van der Waals surface area (Å²) in [5, 5.41) is 9.93. The molecule has 1 N–H and O–H groups in total. The third-order valence-electron chi connectivity index (χ3n) is 3.15. The first-order chi connectivity index (χ1) is 7.09. The fourth-order valence-electron chi connectivity index (χ4n) is 1.88. The number of aliphatic hydroxyl groups is 1. The quantitative estimate of drug-likeness (QED) is 0.816. The van der Waals surface area contributed by atoms with Gasteiger partial charge in [-0.15, -0.1) is 0 Å². The third kappa shape index (κ3) is 2.17. The lowest BCUT2D eigenvalue weighted by Crippen LogP contribution is -2.11. The minimum atomic E-state index is -0.894. The highest BCUT2D eigenvalue weighted by Crippen LogP contribution is 2.42. The summed E-state index contributed by atoms with van der Waals surface area (Å²) in [6.45, 7) is 1.95. The maximum Gasteiger partial charge on any atom is 0.159 e.